The molecule has 10 nitrogen and oxygen atoms in total. The zero-order valence-corrected chi connectivity index (χ0v) is 22.8. The number of ether oxygens (including phenoxy) is 3. The van der Waals surface area contributed by atoms with Gasteiger partial charge in [-0.15, -0.1) is 23.5 Å². The molecule has 1 spiro atoms. The first-order chi connectivity index (χ1) is 18.4. The predicted molar refractivity (Wildman–Crippen MR) is 142 cm³/mol. The van der Waals surface area contributed by atoms with Crippen LogP contribution in [0.4, 0.5) is 10.2 Å². The maximum absolute atomic E-state index is 15.5. The lowest BCUT2D eigenvalue weighted by Crippen LogP contribution is -2.27. The standard InChI is InChI=1S/C24H23FN4O6S3/c1-32-16-5-4-15-20(34-9-6-24(15)36-10-11-37-24)22(16)38(30,31)28-23-18-17(35-27-23)12-14(19(25)21(18)33-2)13-29-8-3-7-26-29/h3-5,7-8,12H,6,9-11,13H2,1-2H3,(H,27,28). The van der Waals surface area contributed by atoms with Crippen molar-refractivity contribution in [2.45, 2.75) is 21.9 Å². The van der Waals surface area contributed by atoms with Gasteiger partial charge in [0.05, 0.1) is 31.5 Å². The molecule has 2 aromatic heterocycles. The fourth-order valence-electron chi connectivity index (χ4n) is 4.80. The number of nitrogens with one attached hydrogen (secondary N) is 1. The molecule has 1 fully saturated rings. The van der Waals surface area contributed by atoms with Gasteiger partial charge in [-0.25, -0.2) is 12.8 Å². The fraction of sp³-hybridized carbons (Fsp3) is 0.333. The highest BCUT2D eigenvalue weighted by Crippen LogP contribution is 2.60. The van der Waals surface area contributed by atoms with Gasteiger partial charge in [0.25, 0.3) is 10.0 Å². The molecule has 0 atom stereocenters. The summed E-state index contributed by atoms with van der Waals surface area (Å²) >= 11 is 3.58. The number of hydrogen-bond donors (Lipinski definition) is 1. The molecule has 0 amide bonds. The zero-order chi connectivity index (χ0) is 26.5. The highest BCUT2D eigenvalue weighted by molar-refractivity contribution is 8.20. The van der Waals surface area contributed by atoms with Gasteiger partial charge in [-0.05, 0) is 24.3 Å². The van der Waals surface area contributed by atoms with E-state index in [1.165, 1.54) is 20.3 Å². The zero-order valence-electron chi connectivity index (χ0n) is 20.4. The minimum absolute atomic E-state index is 0.0563. The van der Waals surface area contributed by atoms with E-state index in [4.69, 9.17) is 18.7 Å². The lowest BCUT2D eigenvalue weighted by molar-refractivity contribution is 0.268. The molecule has 0 bridgehead atoms. The van der Waals surface area contributed by atoms with Crippen LogP contribution >= 0.6 is 23.5 Å². The first-order valence-electron chi connectivity index (χ1n) is 11.6. The second kappa shape index (κ2) is 9.58. The van der Waals surface area contributed by atoms with E-state index in [9.17, 15) is 8.42 Å². The number of aromatic nitrogens is 3. The fourth-order valence-corrected chi connectivity index (χ4v) is 9.37. The Balaban J connectivity index is 1.44. The molecule has 1 N–H and O–H groups in total. The molecule has 0 saturated carbocycles. The molecule has 200 valence electrons. The molecule has 1 saturated heterocycles. The summed E-state index contributed by atoms with van der Waals surface area (Å²) in [6, 6.07) is 6.67. The van der Waals surface area contributed by atoms with Crippen LogP contribution in [0.3, 0.4) is 0 Å². The molecular weight excluding hydrogens is 555 g/mol. The number of hydrogen-bond acceptors (Lipinski definition) is 10. The third-order valence-electron chi connectivity index (χ3n) is 6.47. The maximum Gasteiger partial charge on any atom is 0.270 e. The minimum Gasteiger partial charge on any atom is -0.495 e. The van der Waals surface area contributed by atoms with E-state index in [0.29, 0.717) is 6.61 Å². The molecule has 6 rings (SSSR count). The number of methoxy groups -OCH3 is 2. The van der Waals surface area contributed by atoms with Crippen molar-refractivity contribution in [3.05, 3.63) is 53.6 Å². The molecule has 38 heavy (non-hydrogen) atoms. The van der Waals surface area contributed by atoms with Gasteiger partial charge in [0.1, 0.15) is 16.9 Å². The van der Waals surface area contributed by atoms with Gasteiger partial charge < -0.3 is 18.7 Å². The lowest BCUT2D eigenvalue weighted by atomic mass is 10.0. The topological polar surface area (TPSA) is 118 Å². The number of anilines is 1. The number of benzene rings is 2. The van der Waals surface area contributed by atoms with Crippen molar-refractivity contribution in [3.8, 4) is 17.2 Å². The molecular formula is C24H23FN4O6S3. The smallest absolute Gasteiger partial charge is 0.270 e. The molecule has 0 unspecified atom stereocenters. The molecule has 2 aliphatic heterocycles. The molecule has 2 aromatic carbocycles. The van der Waals surface area contributed by atoms with Crippen molar-refractivity contribution in [2.75, 3.05) is 37.1 Å². The van der Waals surface area contributed by atoms with Crippen molar-refractivity contribution in [1.29, 1.82) is 0 Å². The summed E-state index contributed by atoms with van der Waals surface area (Å²) in [6.07, 6.45) is 4.04. The van der Waals surface area contributed by atoms with Gasteiger partial charge in [0.15, 0.2) is 27.9 Å². The first-order valence-corrected chi connectivity index (χ1v) is 15.1. The highest BCUT2D eigenvalue weighted by Gasteiger charge is 2.45. The van der Waals surface area contributed by atoms with E-state index in [2.05, 4.69) is 15.0 Å². The van der Waals surface area contributed by atoms with E-state index in [0.717, 1.165) is 23.5 Å². The summed E-state index contributed by atoms with van der Waals surface area (Å²) in [5.74, 6) is 1.22. The van der Waals surface area contributed by atoms with Crippen molar-refractivity contribution < 1.29 is 31.5 Å². The molecule has 2 aliphatic rings. The summed E-state index contributed by atoms with van der Waals surface area (Å²) in [7, 11) is -1.64. The Labute approximate surface area is 226 Å². The van der Waals surface area contributed by atoms with Crippen LogP contribution in [-0.2, 0) is 20.6 Å². The van der Waals surface area contributed by atoms with Crippen molar-refractivity contribution in [3.63, 3.8) is 0 Å². The highest BCUT2D eigenvalue weighted by atomic mass is 32.2. The number of sulfonamides is 1. The minimum atomic E-state index is -4.33. The molecule has 14 heteroatoms. The van der Waals surface area contributed by atoms with E-state index >= 15 is 4.39 Å². The third-order valence-corrected chi connectivity index (χ3v) is 11.4. The second-order valence-electron chi connectivity index (χ2n) is 8.62. The molecule has 0 radical (unpaired) electrons. The number of nitrogens with zero attached hydrogens (tertiary/aromatic N) is 3. The Kier molecular flexibility index (Phi) is 6.35. The third kappa shape index (κ3) is 4.05. The lowest BCUT2D eigenvalue weighted by Gasteiger charge is -2.35. The predicted octanol–water partition coefficient (Wildman–Crippen LogP) is 4.45. The Morgan fingerprint density at radius 1 is 1.24 bits per heavy atom. The Bertz CT molecular complexity index is 1620. The summed E-state index contributed by atoms with van der Waals surface area (Å²) in [5, 5.41) is 8.06. The van der Waals surface area contributed by atoms with Crippen molar-refractivity contribution >= 4 is 50.3 Å². The van der Waals surface area contributed by atoms with Gasteiger partial charge in [0, 0.05) is 41.4 Å². The quantitative estimate of drug-likeness (QED) is 0.337. The van der Waals surface area contributed by atoms with Crippen LogP contribution in [0.1, 0.15) is 17.5 Å². The number of halogens is 1. The summed E-state index contributed by atoms with van der Waals surface area (Å²) in [5.41, 5.74) is 1.20. The van der Waals surface area contributed by atoms with Crippen molar-refractivity contribution in [1.82, 2.24) is 14.9 Å². The number of thioether (sulfide) groups is 2. The van der Waals surface area contributed by atoms with Gasteiger partial charge >= 0.3 is 0 Å². The summed E-state index contributed by atoms with van der Waals surface area (Å²) in [6.45, 7) is 0.489. The van der Waals surface area contributed by atoms with Crippen LogP contribution in [0, 0.1) is 5.82 Å². The van der Waals surface area contributed by atoms with Crippen LogP contribution in [0.15, 0.2) is 46.1 Å². The first kappa shape index (κ1) is 25.2. The average molecular weight is 579 g/mol. The molecule has 4 aromatic rings. The van der Waals surface area contributed by atoms with Crippen molar-refractivity contribution in [2.24, 2.45) is 0 Å². The van der Waals surface area contributed by atoms with Crippen LogP contribution in [0.5, 0.6) is 17.2 Å². The van der Waals surface area contributed by atoms with Crippen LogP contribution in [0.25, 0.3) is 11.0 Å². The van der Waals surface area contributed by atoms with Gasteiger partial charge in [0.2, 0.25) is 0 Å². The monoisotopic (exact) mass is 578 g/mol. The normalized spacial score (nSPS) is 16.4. The van der Waals surface area contributed by atoms with E-state index in [1.54, 1.807) is 52.7 Å². The van der Waals surface area contributed by atoms with E-state index in [1.807, 2.05) is 6.07 Å². The maximum atomic E-state index is 15.5. The van der Waals surface area contributed by atoms with Gasteiger partial charge in [-0.1, -0.05) is 5.16 Å². The van der Waals surface area contributed by atoms with Gasteiger partial charge in [-0.2, -0.15) is 5.10 Å². The van der Waals surface area contributed by atoms with E-state index < -0.39 is 15.8 Å². The van der Waals surface area contributed by atoms with Crippen LogP contribution in [-0.4, -0.2) is 55.7 Å². The Hall–Kier alpha value is -3.10. The Morgan fingerprint density at radius 2 is 2.05 bits per heavy atom. The number of rotatable bonds is 7. The summed E-state index contributed by atoms with van der Waals surface area (Å²) in [4.78, 5) is -0.143. The SMILES string of the molecule is COc1ccc2c(c1S(=O)(=O)Nc1noc3cc(Cn4cccn4)c(F)c(OC)c13)OCCC21SCCS1. The second-order valence-corrected chi connectivity index (χ2v) is 13.3. The van der Waals surface area contributed by atoms with Crippen LogP contribution in [0.2, 0.25) is 0 Å². The average Bonchev–Trinajstić information content (AvgIpc) is 3.67. The van der Waals surface area contributed by atoms with E-state index in [-0.39, 0.29) is 55.1 Å². The Morgan fingerprint density at radius 3 is 2.76 bits per heavy atom. The van der Waals surface area contributed by atoms with Crippen LogP contribution < -0.4 is 18.9 Å². The largest absolute Gasteiger partial charge is 0.495 e. The molecule has 4 heterocycles. The van der Waals surface area contributed by atoms with Gasteiger partial charge in [-0.3, -0.25) is 9.40 Å². The number of fused-ring (bicyclic) bond motifs is 3. The summed E-state index contributed by atoms with van der Waals surface area (Å²) < 4.78 is 69.0. The molecule has 0 aliphatic carbocycles.